The maximum atomic E-state index is 12.2. The molecule has 1 aliphatic carbocycles. The first-order valence-electron chi connectivity index (χ1n) is 7.66. The summed E-state index contributed by atoms with van der Waals surface area (Å²) in [7, 11) is -3.41. The van der Waals surface area contributed by atoms with Gasteiger partial charge < -0.3 is 5.32 Å². The van der Waals surface area contributed by atoms with E-state index in [0.717, 1.165) is 23.7 Å². The van der Waals surface area contributed by atoms with E-state index < -0.39 is 9.84 Å². The molecule has 0 saturated heterocycles. The SMILES string of the molecule is CC1CCCCC1NC(=O)CCS(=O)(=O)c1ccc(Br)cc1. The van der Waals surface area contributed by atoms with Gasteiger partial charge in [0.25, 0.3) is 0 Å². The molecule has 0 spiro atoms. The van der Waals surface area contributed by atoms with Crippen LogP contribution in [0.5, 0.6) is 0 Å². The van der Waals surface area contributed by atoms with Crippen LogP contribution in [-0.2, 0) is 14.6 Å². The first-order valence-corrected chi connectivity index (χ1v) is 10.1. The lowest BCUT2D eigenvalue weighted by molar-refractivity contribution is -0.122. The van der Waals surface area contributed by atoms with Crippen molar-refractivity contribution in [1.82, 2.24) is 5.32 Å². The van der Waals surface area contributed by atoms with Crippen molar-refractivity contribution in [3.05, 3.63) is 28.7 Å². The Labute approximate surface area is 140 Å². The molecule has 1 aromatic rings. The second-order valence-corrected chi connectivity index (χ2v) is 8.98. The van der Waals surface area contributed by atoms with Crippen LogP contribution in [0.2, 0.25) is 0 Å². The lowest BCUT2D eigenvalue weighted by Gasteiger charge is -2.29. The first kappa shape index (κ1) is 17.5. The fourth-order valence-electron chi connectivity index (χ4n) is 2.80. The van der Waals surface area contributed by atoms with E-state index in [-0.39, 0.29) is 29.0 Å². The van der Waals surface area contributed by atoms with E-state index in [0.29, 0.717) is 5.92 Å². The molecule has 0 heterocycles. The summed E-state index contributed by atoms with van der Waals surface area (Å²) in [6, 6.07) is 6.69. The quantitative estimate of drug-likeness (QED) is 0.842. The minimum absolute atomic E-state index is 0.0155. The van der Waals surface area contributed by atoms with Gasteiger partial charge in [-0.25, -0.2) is 8.42 Å². The number of amides is 1. The number of hydrogen-bond donors (Lipinski definition) is 1. The molecule has 0 radical (unpaired) electrons. The van der Waals surface area contributed by atoms with Gasteiger partial charge in [-0.3, -0.25) is 4.79 Å². The Morgan fingerprint density at radius 1 is 1.23 bits per heavy atom. The minimum atomic E-state index is -3.41. The molecular formula is C16H22BrNO3S. The normalized spacial score (nSPS) is 22.3. The zero-order valence-electron chi connectivity index (χ0n) is 12.7. The number of benzene rings is 1. The van der Waals surface area contributed by atoms with Gasteiger partial charge in [-0.2, -0.15) is 0 Å². The predicted molar refractivity (Wildman–Crippen MR) is 90.4 cm³/mol. The van der Waals surface area contributed by atoms with Gasteiger partial charge in [0.15, 0.2) is 9.84 Å². The Bertz CT molecular complexity index is 613. The molecule has 22 heavy (non-hydrogen) atoms. The number of nitrogens with one attached hydrogen (secondary N) is 1. The number of hydrogen-bond acceptors (Lipinski definition) is 3. The molecule has 4 nitrogen and oxygen atoms in total. The highest BCUT2D eigenvalue weighted by atomic mass is 79.9. The molecule has 0 bridgehead atoms. The number of rotatable bonds is 5. The van der Waals surface area contributed by atoms with Crippen LogP contribution in [0.15, 0.2) is 33.6 Å². The topological polar surface area (TPSA) is 63.2 Å². The largest absolute Gasteiger partial charge is 0.353 e. The van der Waals surface area contributed by atoms with Gasteiger partial charge >= 0.3 is 0 Å². The fourth-order valence-corrected chi connectivity index (χ4v) is 4.30. The van der Waals surface area contributed by atoms with Crippen LogP contribution in [0.3, 0.4) is 0 Å². The van der Waals surface area contributed by atoms with Crippen molar-refractivity contribution in [3.63, 3.8) is 0 Å². The summed E-state index contributed by atoms with van der Waals surface area (Å²) in [5, 5.41) is 2.99. The van der Waals surface area contributed by atoms with E-state index in [1.807, 2.05) is 0 Å². The van der Waals surface area contributed by atoms with Crippen LogP contribution >= 0.6 is 15.9 Å². The molecule has 1 aliphatic rings. The third kappa shape index (κ3) is 4.81. The Morgan fingerprint density at radius 2 is 1.86 bits per heavy atom. The summed E-state index contributed by atoms with van der Waals surface area (Å²) in [4.78, 5) is 12.3. The van der Waals surface area contributed by atoms with E-state index in [2.05, 4.69) is 28.2 Å². The van der Waals surface area contributed by atoms with E-state index in [1.54, 1.807) is 24.3 Å². The van der Waals surface area contributed by atoms with Crippen LogP contribution < -0.4 is 5.32 Å². The Morgan fingerprint density at radius 3 is 2.50 bits per heavy atom. The van der Waals surface area contributed by atoms with Gasteiger partial charge in [0.05, 0.1) is 10.6 Å². The summed E-state index contributed by atoms with van der Waals surface area (Å²) in [6.07, 6.45) is 4.48. The molecule has 6 heteroatoms. The highest BCUT2D eigenvalue weighted by Gasteiger charge is 2.23. The molecule has 0 aliphatic heterocycles. The number of carbonyl (C=O) groups excluding carboxylic acids is 1. The molecule has 2 atom stereocenters. The standard InChI is InChI=1S/C16H22BrNO3S/c1-12-4-2-3-5-15(12)18-16(19)10-11-22(20,21)14-8-6-13(17)7-9-14/h6-9,12,15H,2-5,10-11H2,1H3,(H,18,19). The van der Waals surface area contributed by atoms with Crippen molar-refractivity contribution in [3.8, 4) is 0 Å². The summed E-state index contributed by atoms with van der Waals surface area (Å²) in [5.41, 5.74) is 0. The zero-order valence-corrected chi connectivity index (χ0v) is 15.1. The Hall–Kier alpha value is -0.880. The summed E-state index contributed by atoms with van der Waals surface area (Å²) >= 11 is 3.28. The van der Waals surface area contributed by atoms with Gasteiger partial charge in [0.2, 0.25) is 5.91 Å². The maximum absolute atomic E-state index is 12.2. The van der Waals surface area contributed by atoms with Crippen molar-refractivity contribution in [2.45, 2.75) is 50.0 Å². The van der Waals surface area contributed by atoms with Crippen molar-refractivity contribution in [2.24, 2.45) is 5.92 Å². The number of sulfone groups is 1. The average Bonchev–Trinajstić information content (AvgIpc) is 2.48. The third-order valence-electron chi connectivity index (χ3n) is 4.23. The molecule has 1 aromatic carbocycles. The predicted octanol–water partition coefficient (Wildman–Crippen LogP) is 3.31. The molecule has 122 valence electrons. The maximum Gasteiger partial charge on any atom is 0.221 e. The Kier molecular flexibility index (Phi) is 6.03. The van der Waals surface area contributed by atoms with Crippen LogP contribution in [0, 0.1) is 5.92 Å². The monoisotopic (exact) mass is 387 g/mol. The van der Waals surface area contributed by atoms with Crippen LogP contribution in [-0.4, -0.2) is 26.1 Å². The van der Waals surface area contributed by atoms with Crippen molar-refractivity contribution in [1.29, 1.82) is 0 Å². The van der Waals surface area contributed by atoms with Crippen LogP contribution in [0.25, 0.3) is 0 Å². The highest BCUT2D eigenvalue weighted by Crippen LogP contribution is 2.24. The third-order valence-corrected chi connectivity index (χ3v) is 6.49. The molecule has 1 saturated carbocycles. The van der Waals surface area contributed by atoms with Crippen molar-refractivity contribution in [2.75, 3.05) is 5.75 Å². The summed E-state index contributed by atoms with van der Waals surface area (Å²) < 4.78 is 25.2. The smallest absolute Gasteiger partial charge is 0.221 e. The second kappa shape index (κ2) is 7.59. The van der Waals surface area contributed by atoms with Gasteiger partial charge in [-0.05, 0) is 43.0 Å². The van der Waals surface area contributed by atoms with E-state index in [1.165, 1.54) is 6.42 Å². The fraction of sp³-hybridized carbons (Fsp3) is 0.562. The molecule has 1 amide bonds. The van der Waals surface area contributed by atoms with Crippen LogP contribution in [0.4, 0.5) is 0 Å². The van der Waals surface area contributed by atoms with E-state index in [4.69, 9.17) is 0 Å². The lowest BCUT2D eigenvalue weighted by atomic mass is 9.86. The molecule has 2 unspecified atom stereocenters. The highest BCUT2D eigenvalue weighted by molar-refractivity contribution is 9.10. The summed E-state index contributed by atoms with van der Waals surface area (Å²) in [6.45, 7) is 2.14. The Balaban J connectivity index is 1.88. The average molecular weight is 388 g/mol. The lowest BCUT2D eigenvalue weighted by Crippen LogP contribution is -2.41. The zero-order chi connectivity index (χ0) is 16.2. The molecule has 2 rings (SSSR count). The molecule has 1 fully saturated rings. The van der Waals surface area contributed by atoms with Crippen LogP contribution in [0.1, 0.15) is 39.0 Å². The van der Waals surface area contributed by atoms with E-state index in [9.17, 15) is 13.2 Å². The summed E-state index contributed by atoms with van der Waals surface area (Å²) in [5.74, 6) is 0.155. The van der Waals surface area contributed by atoms with Gasteiger partial charge in [0.1, 0.15) is 0 Å². The van der Waals surface area contributed by atoms with E-state index >= 15 is 0 Å². The molecule has 1 N–H and O–H groups in total. The minimum Gasteiger partial charge on any atom is -0.353 e. The van der Waals surface area contributed by atoms with Gasteiger partial charge in [0, 0.05) is 16.9 Å². The van der Waals surface area contributed by atoms with Gasteiger partial charge in [-0.1, -0.05) is 35.7 Å². The second-order valence-electron chi connectivity index (χ2n) is 5.96. The van der Waals surface area contributed by atoms with Crippen molar-refractivity contribution < 1.29 is 13.2 Å². The number of halogens is 1. The molecular weight excluding hydrogens is 366 g/mol. The van der Waals surface area contributed by atoms with Crippen molar-refractivity contribution >= 4 is 31.7 Å². The number of carbonyl (C=O) groups is 1. The molecule has 0 aromatic heterocycles. The van der Waals surface area contributed by atoms with Gasteiger partial charge in [-0.15, -0.1) is 0 Å². The first-order chi connectivity index (χ1) is 10.4.